The van der Waals surface area contributed by atoms with Gasteiger partial charge in [-0.05, 0) is 75.6 Å². The van der Waals surface area contributed by atoms with E-state index < -0.39 is 11.6 Å². The van der Waals surface area contributed by atoms with Crippen molar-refractivity contribution in [2.45, 2.75) is 104 Å². The van der Waals surface area contributed by atoms with Gasteiger partial charge in [0.15, 0.2) is 0 Å². The molecule has 4 unspecified atom stereocenters. The molecule has 35 heavy (non-hydrogen) atoms. The number of benzene rings is 1. The second-order valence-electron chi connectivity index (χ2n) is 10.2. The number of aryl methyl sites for hydroxylation is 1. The van der Waals surface area contributed by atoms with E-state index in [-0.39, 0.29) is 18.0 Å². The van der Waals surface area contributed by atoms with Gasteiger partial charge in [-0.3, -0.25) is 15.5 Å². The summed E-state index contributed by atoms with van der Waals surface area (Å²) in [5, 5.41) is 18.3. The Balaban J connectivity index is 0.00000167. The fourth-order valence-corrected chi connectivity index (χ4v) is 5.86. The molecule has 2 fully saturated rings. The molecule has 2 heterocycles. The van der Waals surface area contributed by atoms with Crippen LogP contribution < -0.4 is 21.4 Å². The molecule has 2 aliphatic heterocycles. The van der Waals surface area contributed by atoms with Crippen LogP contribution in [0.25, 0.3) is 0 Å². The number of nitrogens with one attached hydrogen (secondary N) is 3. The van der Waals surface area contributed by atoms with Gasteiger partial charge in [-0.2, -0.15) is 0 Å². The molecular weight excluding hydrogens is 438 g/mol. The van der Waals surface area contributed by atoms with E-state index in [9.17, 15) is 9.90 Å². The normalized spacial score (nSPS) is 27.7. The third-order valence-electron chi connectivity index (χ3n) is 7.70. The van der Waals surface area contributed by atoms with Crippen molar-refractivity contribution in [2.24, 2.45) is 5.73 Å². The van der Waals surface area contributed by atoms with Crippen molar-refractivity contribution < 1.29 is 14.9 Å². The lowest BCUT2D eigenvalue weighted by atomic mass is 9.83. The van der Waals surface area contributed by atoms with Crippen LogP contribution in [0.5, 0.6) is 0 Å². The highest BCUT2D eigenvalue weighted by Gasteiger charge is 2.59. The predicted octanol–water partition coefficient (Wildman–Crippen LogP) is 1.59. The van der Waals surface area contributed by atoms with Crippen LogP contribution in [-0.2, 0) is 12.8 Å². The molecule has 1 aromatic rings. The van der Waals surface area contributed by atoms with Gasteiger partial charge in [-0.1, -0.05) is 32.9 Å². The number of rotatable bonds is 5. The number of hydrogen-bond acceptors (Lipinski definition) is 4. The first-order valence-corrected chi connectivity index (χ1v) is 13.4. The minimum absolute atomic E-state index is 0.0884. The van der Waals surface area contributed by atoms with Crippen LogP contribution in [0.15, 0.2) is 29.6 Å². The van der Waals surface area contributed by atoms with Crippen LogP contribution in [0.3, 0.4) is 0 Å². The maximum absolute atomic E-state index is 13.4. The molecule has 3 aliphatic rings. The van der Waals surface area contributed by atoms with Gasteiger partial charge in [0.2, 0.25) is 5.84 Å². The SMILES string of the molecule is CC.CCCC(N)=[NH+]C1CNC(=C(C)C)N2CC(NC(=O)c3cccc4c3CCCC4)C(O)C12C. The molecule has 1 amide bonds. The van der Waals surface area contributed by atoms with Crippen molar-refractivity contribution in [3.05, 3.63) is 46.3 Å². The summed E-state index contributed by atoms with van der Waals surface area (Å²) in [6, 6.07) is 5.56. The van der Waals surface area contributed by atoms with Gasteiger partial charge in [0.05, 0.1) is 12.6 Å². The second kappa shape index (κ2) is 11.5. The van der Waals surface area contributed by atoms with Crippen LogP contribution in [0, 0.1) is 0 Å². The van der Waals surface area contributed by atoms with Crippen LogP contribution in [0.4, 0.5) is 0 Å². The monoisotopic (exact) mass is 484 g/mol. The molecule has 1 aliphatic carbocycles. The fraction of sp³-hybridized carbons (Fsp3) is 0.643. The highest BCUT2D eigenvalue weighted by molar-refractivity contribution is 5.96. The Bertz CT molecular complexity index is 968. The maximum atomic E-state index is 13.4. The first-order chi connectivity index (χ1) is 16.8. The molecule has 4 atom stereocenters. The molecule has 7 heteroatoms. The Hall–Kier alpha value is -2.54. The van der Waals surface area contributed by atoms with Gasteiger partial charge < -0.3 is 20.6 Å². The van der Waals surface area contributed by atoms with E-state index in [0.717, 1.165) is 54.9 Å². The molecule has 4 rings (SSSR count). The smallest absolute Gasteiger partial charge is 0.251 e. The summed E-state index contributed by atoms with van der Waals surface area (Å²) in [6.45, 7) is 13.5. The van der Waals surface area contributed by atoms with E-state index in [0.29, 0.717) is 13.1 Å². The van der Waals surface area contributed by atoms with Gasteiger partial charge in [0.1, 0.15) is 23.5 Å². The number of nitrogens with zero attached hydrogens (tertiary/aromatic N) is 1. The zero-order valence-electron chi connectivity index (χ0n) is 22.5. The lowest BCUT2D eigenvalue weighted by molar-refractivity contribution is -0.525. The molecule has 0 aromatic heterocycles. The molecule has 194 valence electrons. The first kappa shape index (κ1) is 27.1. The number of hydrogen-bond donors (Lipinski definition) is 5. The average molecular weight is 485 g/mol. The van der Waals surface area contributed by atoms with Crippen LogP contribution in [-0.4, -0.2) is 58.6 Å². The summed E-state index contributed by atoms with van der Waals surface area (Å²) in [7, 11) is 0. The number of carbonyl (C=O) groups is 1. The largest absolute Gasteiger partial charge is 0.388 e. The lowest BCUT2D eigenvalue weighted by Crippen LogP contribution is -2.92. The Kier molecular flexibility index (Phi) is 8.86. The molecule has 0 radical (unpaired) electrons. The van der Waals surface area contributed by atoms with Crippen molar-refractivity contribution in [2.75, 3.05) is 13.1 Å². The molecular formula is C28H46N5O2+. The maximum Gasteiger partial charge on any atom is 0.251 e. The Labute approximate surface area is 211 Å². The lowest BCUT2D eigenvalue weighted by Gasteiger charge is -2.47. The molecule has 0 bridgehead atoms. The molecule has 0 spiro atoms. The molecule has 6 N–H and O–H groups in total. The second-order valence-corrected chi connectivity index (χ2v) is 10.2. The first-order valence-electron chi connectivity index (χ1n) is 13.4. The van der Waals surface area contributed by atoms with Crippen LogP contribution in [0.1, 0.15) is 88.7 Å². The zero-order chi connectivity index (χ0) is 25.8. The van der Waals surface area contributed by atoms with E-state index in [4.69, 9.17) is 5.73 Å². The Morgan fingerprint density at radius 1 is 1.29 bits per heavy atom. The predicted molar refractivity (Wildman–Crippen MR) is 142 cm³/mol. The minimum Gasteiger partial charge on any atom is -0.388 e. The van der Waals surface area contributed by atoms with Crippen LogP contribution in [0.2, 0.25) is 0 Å². The van der Waals surface area contributed by atoms with E-state index >= 15 is 0 Å². The van der Waals surface area contributed by atoms with Crippen molar-refractivity contribution in [3.8, 4) is 0 Å². The number of allylic oxidation sites excluding steroid dienone is 1. The molecule has 2 saturated heterocycles. The number of carbonyl (C=O) groups excluding carboxylic acids is 1. The van der Waals surface area contributed by atoms with Gasteiger partial charge in [0.25, 0.3) is 5.91 Å². The Morgan fingerprint density at radius 3 is 2.69 bits per heavy atom. The average Bonchev–Trinajstić information content (AvgIpc) is 3.11. The topological polar surface area (TPSA) is 105 Å². The summed E-state index contributed by atoms with van der Waals surface area (Å²) >= 11 is 0. The molecule has 0 saturated carbocycles. The highest BCUT2D eigenvalue weighted by atomic mass is 16.3. The number of fused-ring (bicyclic) bond motifs is 2. The van der Waals surface area contributed by atoms with E-state index in [2.05, 4.69) is 54.3 Å². The summed E-state index contributed by atoms with van der Waals surface area (Å²) in [5.74, 6) is 1.67. The van der Waals surface area contributed by atoms with Gasteiger partial charge in [-0.15, -0.1) is 0 Å². The van der Waals surface area contributed by atoms with Gasteiger partial charge in [-0.25, -0.2) is 0 Å². The zero-order valence-corrected chi connectivity index (χ0v) is 22.5. The van der Waals surface area contributed by atoms with Crippen molar-refractivity contribution >= 4 is 11.7 Å². The number of aliphatic hydroxyl groups excluding tert-OH is 1. The third kappa shape index (κ3) is 5.20. The number of nitrogens with two attached hydrogens (primary N) is 1. The summed E-state index contributed by atoms with van der Waals surface area (Å²) in [4.78, 5) is 19.1. The molecule has 1 aromatic carbocycles. The van der Waals surface area contributed by atoms with Crippen molar-refractivity contribution in [1.29, 1.82) is 0 Å². The quantitative estimate of drug-likeness (QED) is 0.323. The van der Waals surface area contributed by atoms with E-state index in [1.54, 1.807) is 0 Å². The standard InChI is InChI=1S/C26H39N5O2.C2H6/c1-5-9-22(27)30-21-14-28-24(16(2)3)31-15-20(23(32)26(21,31)4)29-25(33)19-13-8-11-17-10-6-7-12-18(17)19;1-2/h8,11,13,20-21,23,28,32H,5-7,9-10,12,14-15H2,1-4H3,(H2,27,30)(H,29,33);1-2H3/p+1. The van der Waals surface area contributed by atoms with Crippen molar-refractivity contribution in [3.63, 3.8) is 0 Å². The summed E-state index contributed by atoms with van der Waals surface area (Å²) < 4.78 is 0. The minimum atomic E-state index is -0.746. The third-order valence-corrected chi connectivity index (χ3v) is 7.70. The summed E-state index contributed by atoms with van der Waals surface area (Å²) in [5.41, 5.74) is 10.0. The molecule has 7 nitrogen and oxygen atoms in total. The van der Waals surface area contributed by atoms with E-state index in [1.807, 2.05) is 26.0 Å². The van der Waals surface area contributed by atoms with Crippen molar-refractivity contribution in [1.82, 2.24) is 15.5 Å². The fourth-order valence-electron chi connectivity index (χ4n) is 5.86. The number of amidine groups is 1. The highest BCUT2D eigenvalue weighted by Crippen LogP contribution is 2.37. The van der Waals surface area contributed by atoms with Crippen LogP contribution >= 0.6 is 0 Å². The number of aliphatic hydroxyl groups is 1. The van der Waals surface area contributed by atoms with Gasteiger partial charge in [0, 0.05) is 18.5 Å². The number of amides is 1. The van der Waals surface area contributed by atoms with Gasteiger partial charge >= 0.3 is 0 Å². The summed E-state index contributed by atoms with van der Waals surface area (Å²) in [6.07, 6.45) is 5.28. The van der Waals surface area contributed by atoms with E-state index in [1.165, 1.54) is 17.5 Å². The Morgan fingerprint density at radius 2 is 2.00 bits per heavy atom.